The van der Waals surface area contributed by atoms with Gasteiger partial charge in [0.15, 0.2) is 0 Å². The second-order valence-corrected chi connectivity index (χ2v) is 8.86. The number of aromatic nitrogens is 2. The highest BCUT2D eigenvalue weighted by molar-refractivity contribution is 5.95. The number of imidazole rings is 1. The molecule has 1 heterocycles. The van der Waals surface area contributed by atoms with Gasteiger partial charge in [0.05, 0.1) is 17.8 Å². The van der Waals surface area contributed by atoms with Crippen LogP contribution < -0.4 is 5.69 Å². The summed E-state index contributed by atoms with van der Waals surface area (Å²) >= 11 is 0. The summed E-state index contributed by atoms with van der Waals surface area (Å²) in [4.78, 5) is 25.0. The van der Waals surface area contributed by atoms with Gasteiger partial charge < -0.3 is 5.11 Å². The molecule has 1 aromatic heterocycles. The van der Waals surface area contributed by atoms with Crippen molar-refractivity contribution in [2.24, 2.45) is 0 Å². The lowest BCUT2D eigenvalue weighted by Crippen LogP contribution is -2.30. The SMILES string of the molecule is CCCc1c(CF)n(C2CCCCC2)c(=O)n1Cc1ccc(-c2ccccc2C(=O)O)cc1. The lowest BCUT2D eigenvalue weighted by Gasteiger charge is -2.23. The Morgan fingerprint density at radius 1 is 1.03 bits per heavy atom. The average Bonchev–Trinajstić information content (AvgIpc) is 3.10. The molecule has 1 N–H and O–H groups in total. The molecule has 5 nitrogen and oxygen atoms in total. The highest BCUT2D eigenvalue weighted by Gasteiger charge is 2.26. The van der Waals surface area contributed by atoms with Crippen LogP contribution in [0, 0.1) is 0 Å². The molecular weight excluding hydrogens is 419 g/mol. The van der Waals surface area contributed by atoms with E-state index in [4.69, 9.17) is 0 Å². The van der Waals surface area contributed by atoms with E-state index in [1.165, 1.54) is 6.42 Å². The summed E-state index contributed by atoms with van der Waals surface area (Å²) < 4.78 is 17.7. The second kappa shape index (κ2) is 10.2. The molecule has 4 rings (SSSR count). The van der Waals surface area contributed by atoms with Gasteiger partial charge in [0.1, 0.15) is 6.67 Å². The zero-order valence-corrected chi connectivity index (χ0v) is 19.1. The van der Waals surface area contributed by atoms with E-state index in [-0.39, 0.29) is 17.3 Å². The van der Waals surface area contributed by atoms with Crippen LogP contribution in [0.1, 0.15) is 78.8 Å². The van der Waals surface area contributed by atoms with E-state index >= 15 is 0 Å². The molecule has 0 atom stereocenters. The van der Waals surface area contributed by atoms with Gasteiger partial charge in [0.25, 0.3) is 0 Å². The van der Waals surface area contributed by atoms with Crippen molar-refractivity contribution in [1.29, 1.82) is 0 Å². The highest BCUT2D eigenvalue weighted by atomic mass is 19.1. The van der Waals surface area contributed by atoms with Gasteiger partial charge in [-0.2, -0.15) is 0 Å². The summed E-state index contributed by atoms with van der Waals surface area (Å²) in [6.07, 6.45) is 6.70. The van der Waals surface area contributed by atoms with E-state index in [1.54, 1.807) is 27.3 Å². The predicted molar refractivity (Wildman–Crippen MR) is 128 cm³/mol. The fraction of sp³-hybridized carbons (Fsp3) is 0.407. The zero-order valence-electron chi connectivity index (χ0n) is 19.1. The largest absolute Gasteiger partial charge is 0.478 e. The van der Waals surface area contributed by atoms with Crippen LogP contribution in [0.5, 0.6) is 0 Å². The average molecular weight is 451 g/mol. The topological polar surface area (TPSA) is 64.2 Å². The van der Waals surface area contributed by atoms with E-state index in [0.29, 0.717) is 24.2 Å². The lowest BCUT2D eigenvalue weighted by molar-refractivity contribution is 0.0697. The fourth-order valence-electron chi connectivity index (χ4n) is 5.09. The molecule has 174 valence electrons. The van der Waals surface area contributed by atoms with Crippen molar-refractivity contribution < 1.29 is 14.3 Å². The van der Waals surface area contributed by atoms with Crippen LogP contribution in [-0.2, 0) is 19.6 Å². The minimum absolute atomic E-state index is 0.0868. The van der Waals surface area contributed by atoms with Gasteiger partial charge in [-0.1, -0.05) is 75.1 Å². The molecule has 0 unspecified atom stereocenters. The lowest BCUT2D eigenvalue weighted by atomic mass is 9.95. The number of halogens is 1. The standard InChI is InChI=1S/C27H31FN2O3/c1-2-8-24-25(17-28)30(21-9-4-3-5-10-21)27(33)29(24)18-19-13-15-20(16-14-19)22-11-6-7-12-23(22)26(31)32/h6-7,11-16,21H,2-5,8-10,17-18H2,1H3,(H,31,32). The molecular formula is C27H31FN2O3. The maximum atomic E-state index is 14.2. The van der Waals surface area contributed by atoms with Gasteiger partial charge in [-0.3, -0.25) is 9.13 Å². The zero-order chi connectivity index (χ0) is 23.4. The first-order chi connectivity index (χ1) is 16.0. The number of carboxylic acid groups (broad SMARTS) is 1. The van der Waals surface area contributed by atoms with Crippen molar-refractivity contribution in [3.63, 3.8) is 0 Å². The summed E-state index contributed by atoms with van der Waals surface area (Å²) in [5.74, 6) is -0.965. The van der Waals surface area contributed by atoms with E-state index in [1.807, 2.05) is 37.3 Å². The Kier molecular flexibility index (Phi) is 7.11. The quantitative estimate of drug-likeness (QED) is 0.458. The van der Waals surface area contributed by atoms with Gasteiger partial charge in [0.2, 0.25) is 0 Å². The molecule has 1 aliphatic carbocycles. The number of aromatic carboxylic acids is 1. The van der Waals surface area contributed by atoms with Crippen molar-refractivity contribution in [3.05, 3.63) is 81.5 Å². The number of carbonyl (C=O) groups is 1. The van der Waals surface area contributed by atoms with Crippen LogP contribution >= 0.6 is 0 Å². The van der Waals surface area contributed by atoms with Crippen molar-refractivity contribution in [3.8, 4) is 11.1 Å². The number of benzene rings is 2. The van der Waals surface area contributed by atoms with Crippen molar-refractivity contribution in [2.75, 3.05) is 0 Å². The van der Waals surface area contributed by atoms with E-state index in [2.05, 4.69) is 0 Å². The molecule has 0 spiro atoms. The first-order valence-corrected chi connectivity index (χ1v) is 11.9. The minimum Gasteiger partial charge on any atom is -0.478 e. The molecule has 0 radical (unpaired) electrons. The summed E-state index contributed by atoms with van der Waals surface area (Å²) in [5.41, 5.74) is 3.88. The van der Waals surface area contributed by atoms with E-state index in [0.717, 1.165) is 48.9 Å². The third-order valence-electron chi connectivity index (χ3n) is 6.70. The van der Waals surface area contributed by atoms with E-state index in [9.17, 15) is 19.1 Å². The third-order valence-corrected chi connectivity index (χ3v) is 6.70. The summed E-state index contributed by atoms with van der Waals surface area (Å²) in [6, 6.07) is 14.6. The molecule has 0 bridgehead atoms. The van der Waals surface area contributed by atoms with Crippen LogP contribution in [0.3, 0.4) is 0 Å². The Morgan fingerprint density at radius 3 is 2.36 bits per heavy atom. The molecule has 0 amide bonds. The summed E-state index contributed by atoms with van der Waals surface area (Å²) in [5, 5.41) is 9.48. The van der Waals surface area contributed by atoms with Gasteiger partial charge in [-0.05, 0) is 42.0 Å². The van der Waals surface area contributed by atoms with Crippen molar-refractivity contribution in [1.82, 2.24) is 9.13 Å². The van der Waals surface area contributed by atoms with Crippen LogP contribution in [0.25, 0.3) is 11.1 Å². The normalized spacial score (nSPS) is 14.5. The van der Waals surface area contributed by atoms with Crippen LogP contribution in [0.15, 0.2) is 53.3 Å². The molecule has 1 aliphatic rings. The van der Waals surface area contributed by atoms with E-state index < -0.39 is 12.6 Å². The molecule has 2 aromatic carbocycles. The Balaban J connectivity index is 1.68. The first kappa shape index (κ1) is 23.0. The molecule has 1 saturated carbocycles. The first-order valence-electron chi connectivity index (χ1n) is 11.9. The van der Waals surface area contributed by atoms with Crippen LogP contribution in [0.2, 0.25) is 0 Å². The van der Waals surface area contributed by atoms with Crippen molar-refractivity contribution in [2.45, 2.75) is 71.1 Å². The maximum Gasteiger partial charge on any atom is 0.336 e. The van der Waals surface area contributed by atoms with Gasteiger partial charge >= 0.3 is 11.7 Å². The molecule has 33 heavy (non-hydrogen) atoms. The Bertz CT molecular complexity index is 1170. The second-order valence-electron chi connectivity index (χ2n) is 8.86. The number of nitrogens with zero attached hydrogens (tertiary/aromatic N) is 2. The Labute approximate surface area is 193 Å². The number of rotatable bonds is 8. The Morgan fingerprint density at radius 2 is 1.73 bits per heavy atom. The molecule has 1 fully saturated rings. The number of hydrogen-bond acceptors (Lipinski definition) is 2. The molecule has 0 saturated heterocycles. The summed E-state index contributed by atoms with van der Waals surface area (Å²) in [7, 11) is 0. The fourth-order valence-corrected chi connectivity index (χ4v) is 5.09. The number of hydrogen-bond donors (Lipinski definition) is 1. The molecule has 6 heteroatoms. The van der Waals surface area contributed by atoms with Crippen LogP contribution in [0.4, 0.5) is 4.39 Å². The summed E-state index contributed by atoms with van der Waals surface area (Å²) in [6.45, 7) is 1.80. The van der Waals surface area contributed by atoms with Gasteiger partial charge in [0, 0.05) is 11.7 Å². The van der Waals surface area contributed by atoms with Crippen LogP contribution in [-0.4, -0.2) is 20.2 Å². The predicted octanol–water partition coefficient (Wildman–Crippen LogP) is 5.99. The van der Waals surface area contributed by atoms with Gasteiger partial charge in [-0.25, -0.2) is 14.0 Å². The van der Waals surface area contributed by atoms with Gasteiger partial charge in [-0.15, -0.1) is 0 Å². The minimum atomic E-state index is -0.965. The molecule has 3 aromatic rings. The molecule has 0 aliphatic heterocycles. The Hall–Kier alpha value is -3.15. The number of alkyl halides is 1. The van der Waals surface area contributed by atoms with Crippen molar-refractivity contribution >= 4 is 5.97 Å². The monoisotopic (exact) mass is 450 g/mol. The maximum absolute atomic E-state index is 14.2. The highest BCUT2D eigenvalue weighted by Crippen LogP contribution is 2.30. The third kappa shape index (κ3) is 4.65. The smallest absolute Gasteiger partial charge is 0.336 e. The number of carboxylic acids is 1.